The zero-order chi connectivity index (χ0) is 11.6. The van der Waals surface area contributed by atoms with Crippen LogP contribution >= 0.6 is 0 Å². The van der Waals surface area contributed by atoms with Crippen LogP contribution in [0.1, 0.15) is 46.0 Å². The maximum absolute atomic E-state index is 12.7. The van der Waals surface area contributed by atoms with Gasteiger partial charge in [-0.05, 0) is 26.2 Å². The van der Waals surface area contributed by atoms with Crippen LogP contribution in [0.3, 0.4) is 0 Å². The van der Waals surface area contributed by atoms with Gasteiger partial charge in [-0.25, -0.2) is 0 Å². The summed E-state index contributed by atoms with van der Waals surface area (Å²) in [5, 5.41) is 3.35. The fourth-order valence-corrected chi connectivity index (χ4v) is 3.22. The van der Waals surface area contributed by atoms with E-state index in [1.807, 2.05) is 0 Å². The molecule has 16 heavy (non-hydrogen) atoms. The molecular formula is C13H24N2O. The molecule has 1 aliphatic carbocycles. The predicted molar refractivity (Wildman–Crippen MR) is 65.2 cm³/mol. The molecule has 0 aromatic heterocycles. The lowest BCUT2D eigenvalue weighted by Gasteiger charge is -2.40. The second-order valence-electron chi connectivity index (χ2n) is 5.39. The van der Waals surface area contributed by atoms with Crippen LogP contribution in [0.2, 0.25) is 0 Å². The number of hydrogen-bond donors (Lipinski definition) is 1. The summed E-state index contributed by atoms with van der Waals surface area (Å²) in [5.41, 5.74) is -0.00833. The molecule has 92 valence electrons. The highest BCUT2D eigenvalue weighted by atomic mass is 16.2. The molecule has 1 atom stereocenters. The van der Waals surface area contributed by atoms with E-state index in [1.54, 1.807) is 0 Å². The van der Waals surface area contributed by atoms with Gasteiger partial charge < -0.3 is 10.2 Å². The van der Waals surface area contributed by atoms with Gasteiger partial charge in [0.2, 0.25) is 5.91 Å². The summed E-state index contributed by atoms with van der Waals surface area (Å²) in [6, 6.07) is 0.366. The van der Waals surface area contributed by atoms with E-state index in [0.29, 0.717) is 11.9 Å². The van der Waals surface area contributed by atoms with E-state index in [9.17, 15) is 4.79 Å². The summed E-state index contributed by atoms with van der Waals surface area (Å²) in [6.07, 6.45) is 5.71. The quantitative estimate of drug-likeness (QED) is 0.775. The van der Waals surface area contributed by atoms with Crippen LogP contribution in [0, 0.1) is 5.41 Å². The number of nitrogens with zero attached hydrogens (tertiary/aromatic N) is 1. The Morgan fingerprint density at radius 1 is 1.44 bits per heavy atom. The van der Waals surface area contributed by atoms with Crippen LogP contribution in [0.15, 0.2) is 0 Å². The molecule has 0 aromatic carbocycles. The van der Waals surface area contributed by atoms with Crippen molar-refractivity contribution >= 4 is 5.91 Å². The molecule has 2 fully saturated rings. The van der Waals surface area contributed by atoms with Gasteiger partial charge in [0.25, 0.3) is 0 Å². The SMILES string of the molecule is CCC1(C(=O)N2CCNCC2C)CCCC1. The maximum Gasteiger partial charge on any atom is 0.229 e. The van der Waals surface area contributed by atoms with Gasteiger partial charge in [0, 0.05) is 31.1 Å². The topological polar surface area (TPSA) is 32.3 Å². The van der Waals surface area contributed by atoms with E-state index in [0.717, 1.165) is 38.9 Å². The minimum atomic E-state index is -0.00833. The molecule has 1 heterocycles. The number of amides is 1. The molecule has 1 saturated carbocycles. The van der Waals surface area contributed by atoms with Crippen molar-refractivity contribution in [2.45, 2.75) is 52.0 Å². The third-order valence-electron chi connectivity index (χ3n) is 4.45. The molecule has 1 unspecified atom stereocenters. The lowest BCUT2D eigenvalue weighted by atomic mass is 9.81. The Morgan fingerprint density at radius 2 is 2.12 bits per heavy atom. The van der Waals surface area contributed by atoms with E-state index >= 15 is 0 Å². The summed E-state index contributed by atoms with van der Waals surface area (Å²) in [4.78, 5) is 14.8. The number of carbonyl (C=O) groups is 1. The highest BCUT2D eigenvalue weighted by Crippen LogP contribution is 2.42. The first-order chi connectivity index (χ1) is 7.69. The molecule has 0 radical (unpaired) electrons. The highest BCUT2D eigenvalue weighted by Gasteiger charge is 2.43. The molecule has 2 rings (SSSR count). The maximum atomic E-state index is 12.7. The van der Waals surface area contributed by atoms with Crippen molar-refractivity contribution in [2.24, 2.45) is 5.41 Å². The molecule has 0 aromatic rings. The van der Waals surface area contributed by atoms with Gasteiger partial charge in [-0.1, -0.05) is 19.8 Å². The van der Waals surface area contributed by atoms with Crippen LogP contribution in [-0.4, -0.2) is 36.5 Å². The molecule has 3 heteroatoms. The van der Waals surface area contributed by atoms with Gasteiger partial charge in [-0.2, -0.15) is 0 Å². The summed E-state index contributed by atoms with van der Waals surface area (Å²) in [5.74, 6) is 0.432. The Hall–Kier alpha value is -0.570. The van der Waals surface area contributed by atoms with Gasteiger partial charge >= 0.3 is 0 Å². The third-order valence-corrected chi connectivity index (χ3v) is 4.45. The van der Waals surface area contributed by atoms with Crippen molar-refractivity contribution in [3.8, 4) is 0 Å². The zero-order valence-corrected chi connectivity index (χ0v) is 10.6. The summed E-state index contributed by atoms with van der Waals surface area (Å²) in [7, 11) is 0. The van der Waals surface area contributed by atoms with Crippen molar-refractivity contribution in [3.05, 3.63) is 0 Å². The largest absolute Gasteiger partial charge is 0.337 e. The first-order valence-electron chi connectivity index (χ1n) is 6.71. The molecular weight excluding hydrogens is 200 g/mol. The second-order valence-corrected chi connectivity index (χ2v) is 5.39. The van der Waals surface area contributed by atoms with E-state index < -0.39 is 0 Å². The van der Waals surface area contributed by atoms with Crippen LogP contribution in [-0.2, 0) is 4.79 Å². The third kappa shape index (κ3) is 1.97. The van der Waals surface area contributed by atoms with E-state index in [4.69, 9.17) is 0 Å². The predicted octanol–water partition coefficient (Wildman–Crippen LogP) is 1.78. The number of hydrogen-bond acceptors (Lipinski definition) is 2. The van der Waals surface area contributed by atoms with Crippen LogP contribution < -0.4 is 5.32 Å². The summed E-state index contributed by atoms with van der Waals surface area (Å²) >= 11 is 0. The lowest BCUT2D eigenvalue weighted by molar-refractivity contribution is -0.145. The van der Waals surface area contributed by atoms with E-state index in [2.05, 4.69) is 24.1 Å². The van der Waals surface area contributed by atoms with Crippen LogP contribution in [0.25, 0.3) is 0 Å². The van der Waals surface area contributed by atoms with Crippen molar-refractivity contribution in [1.29, 1.82) is 0 Å². The summed E-state index contributed by atoms with van der Waals surface area (Å²) < 4.78 is 0. The number of piperazine rings is 1. The minimum absolute atomic E-state index is 0.00833. The molecule has 1 saturated heterocycles. The molecule has 3 nitrogen and oxygen atoms in total. The number of nitrogens with one attached hydrogen (secondary N) is 1. The van der Waals surface area contributed by atoms with Crippen molar-refractivity contribution < 1.29 is 4.79 Å². The summed E-state index contributed by atoms with van der Waals surface area (Å²) in [6.45, 7) is 7.13. The Kier molecular flexibility index (Phi) is 3.53. The second kappa shape index (κ2) is 4.74. The minimum Gasteiger partial charge on any atom is -0.337 e. The van der Waals surface area contributed by atoms with Crippen molar-refractivity contribution in [3.63, 3.8) is 0 Å². The first-order valence-corrected chi connectivity index (χ1v) is 6.71. The Labute approximate surface area is 98.6 Å². The fourth-order valence-electron chi connectivity index (χ4n) is 3.22. The molecule has 1 aliphatic heterocycles. The monoisotopic (exact) mass is 224 g/mol. The number of rotatable bonds is 2. The van der Waals surface area contributed by atoms with Crippen LogP contribution in [0.5, 0.6) is 0 Å². The Morgan fingerprint density at radius 3 is 2.69 bits per heavy atom. The highest BCUT2D eigenvalue weighted by molar-refractivity contribution is 5.83. The smallest absolute Gasteiger partial charge is 0.229 e. The number of carbonyl (C=O) groups excluding carboxylic acids is 1. The van der Waals surface area contributed by atoms with Gasteiger partial charge in [-0.15, -0.1) is 0 Å². The van der Waals surface area contributed by atoms with Crippen molar-refractivity contribution in [1.82, 2.24) is 10.2 Å². The fraction of sp³-hybridized carbons (Fsp3) is 0.923. The first kappa shape index (κ1) is 11.9. The molecule has 2 aliphatic rings. The average Bonchev–Trinajstić information content (AvgIpc) is 2.78. The Bertz CT molecular complexity index is 259. The molecule has 1 N–H and O–H groups in total. The van der Waals surface area contributed by atoms with Crippen molar-refractivity contribution in [2.75, 3.05) is 19.6 Å². The van der Waals surface area contributed by atoms with Gasteiger partial charge in [0.15, 0.2) is 0 Å². The van der Waals surface area contributed by atoms with Gasteiger partial charge in [0.1, 0.15) is 0 Å². The van der Waals surface area contributed by atoms with Gasteiger partial charge in [-0.3, -0.25) is 4.79 Å². The standard InChI is InChI=1S/C13H24N2O/c1-3-13(6-4-5-7-13)12(16)15-9-8-14-10-11(15)2/h11,14H,3-10H2,1-2H3. The van der Waals surface area contributed by atoms with E-state index in [-0.39, 0.29) is 5.41 Å². The van der Waals surface area contributed by atoms with Crippen LogP contribution in [0.4, 0.5) is 0 Å². The molecule has 0 bridgehead atoms. The molecule has 0 spiro atoms. The lowest BCUT2D eigenvalue weighted by Crippen LogP contribution is -2.56. The zero-order valence-electron chi connectivity index (χ0n) is 10.6. The normalized spacial score (nSPS) is 29.4. The van der Waals surface area contributed by atoms with Gasteiger partial charge in [0.05, 0.1) is 0 Å². The van der Waals surface area contributed by atoms with E-state index in [1.165, 1.54) is 12.8 Å². The average molecular weight is 224 g/mol. The molecule has 1 amide bonds. The Balaban J connectivity index is 2.10.